The van der Waals surface area contributed by atoms with Gasteiger partial charge in [-0.05, 0) is 12.5 Å². The molecule has 0 aliphatic carbocycles. The van der Waals surface area contributed by atoms with E-state index in [-0.39, 0.29) is 12.0 Å². The highest BCUT2D eigenvalue weighted by Gasteiger charge is 2.20. The molecule has 1 atom stereocenters. The van der Waals surface area contributed by atoms with Gasteiger partial charge in [-0.1, -0.05) is 0 Å². The Bertz CT molecular complexity index is 333. The van der Waals surface area contributed by atoms with Crippen molar-refractivity contribution < 1.29 is 9.53 Å². The van der Waals surface area contributed by atoms with Crippen LogP contribution in [0.4, 0.5) is 0 Å². The van der Waals surface area contributed by atoms with E-state index in [1.54, 1.807) is 6.20 Å². The van der Waals surface area contributed by atoms with Crippen LogP contribution in [0.15, 0.2) is 18.5 Å². The van der Waals surface area contributed by atoms with Gasteiger partial charge in [-0.3, -0.25) is 9.48 Å². The largest absolute Gasteiger partial charge is 0.366 e. The summed E-state index contributed by atoms with van der Waals surface area (Å²) in [5, 5.41) is 10.1. The number of rotatable bonds is 5. The van der Waals surface area contributed by atoms with E-state index in [0.717, 1.165) is 19.5 Å². The van der Waals surface area contributed by atoms with Crippen molar-refractivity contribution in [2.45, 2.75) is 19.1 Å². The van der Waals surface area contributed by atoms with Crippen LogP contribution in [0.1, 0.15) is 6.42 Å². The third-order valence-corrected chi connectivity index (χ3v) is 2.64. The Morgan fingerprint density at radius 2 is 2.59 bits per heavy atom. The second kappa shape index (κ2) is 6.36. The van der Waals surface area contributed by atoms with Crippen LogP contribution in [0.5, 0.6) is 0 Å². The van der Waals surface area contributed by atoms with Crippen molar-refractivity contribution in [2.24, 2.45) is 0 Å². The SMILES string of the molecule is O=C(NCCCn1cccn1)C1CNCCO1. The topological polar surface area (TPSA) is 68.2 Å². The first-order valence-electron chi connectivity index (χ1n) is 5.94. The van der Waals surface area contributed by atoms with E-state index >= 15 is 0 Å². The lowest BCUT2D eigenvalue weighted by Gasteiger charge is -2.22. The van der Waals surface area contributed by atoms with Gasteiger partial charge >= 0.3 is 0 Å². The van der Waals surface area contributed by atoms with Crippen molar-refractivity contribution in [1.82, 2.24) is 20.4 Å². The number of nitrogens with zero attached hydrogens (tertiary/aromatic N) is 2. The summed E-state index contributed by atoms with van der Waals surface area (Å²) in [5.41, 5.74) is 0. The normalized spacial score (nSPS) is 20.1. The van der Waals surface area contributed by atoms with Gasteiger partial charge in [-0.2, -0.15) is 5.10 Å². The van der Waals surface area contributed by atoms with Crippen LogP contribution in [-0.2, 0) is 16.1 Å². The van der Waals surface area contributed by atoms with Crippen LogP contribution in [0.25, 0.3) is 0 Å². The predicted molar refractivity (Wildman–Crippen MR) is 62.5 cm³/mol. The molecule has 0 saturated carbocycles. The number of morpholine rings is 1. The Morgan fingerprint density at radius 1 is 1.65 bits per heavy atom. The van der Waals surface area contributed by atoms with Crippen LogP contribution in [0, 0.1) is 0 Å². The summed E-state index contributed by atoms with van der Waals surface area (Å²) in [7, 11) is 0. The summed E-state index contributed by atoms with van der Waals surface area (Å²) < 4.78 is 7.20. The lowest BCUT2D eigenvalue weighted by Crippen LogP contribution is -2.48. The minimum atomic E-state index is -0.339. The predicted octanol–water partition coefficient (Wildman–Crippen LogP) is -0.622. The molecule has 1 aromatic rings. The van der Waals surface area contributed by atoms with Crippen LogP contribution >= 0.6 is 0 Å². The molecule has 94 valence electrons. The van der Waals surface area contributed by atoms with Crippen LogP contribution in [0.3, 0.4) is 0 Å². The third-order valence-electron chi connectivity index (χ3n) is 2.64. The van der Waals surface area contributed by atoms with Crippen molar-refractivity contribution in [2.75, 3.05) is 26.2 Å². The molecule has 1 aromatic heterocycles. The molecule has 1 fully saturated rings. The van der Waals surface area contributed by atoms with Gasteiger partial charge in [0.25, 0.3) is 0 Å². The summed E-state index contributed by atoms with van der Waals surface area (Å²) in [6, 6.07) is 1.89. The summed E-state index contributed by atoms with van der Waals surface area (Å²) >= 11 is 0. The van der Waals surface area contributed by atoms with E-state index in [2.05, 4.69) is 15.7 Å². The summed E-state index contributed by atoms with van der Waals surface area (Å²) in [6.07, 6.45) is 4.19. The Hall–Kier alpha value is -1.40. The van der Waals surface area contributed by atoms with Gasteiger partial charge in [-0.25, -0.2) is 0 Å². The minimum Gasteiger partial charge on any atom is -0.366 e. The standard InChI is InChI=1S/C11H18N4O2/c16-11(10-9-12-5-8-17-10)13-3-1-6-15-7-2-4-14-15/h2,4,7,10,12H,1,3,5-6,8-9H2,(H,13,16). The number of ether oxygens (including phenoxy) is 1. The first-order valence-corrected chi connectivity index (χ1v) is 5.94. The third kappa shape index (κ3) is 3.83. The van der Waals surface area contributed by atoms with Gasteiger partial charge in [0.2, 0.25) is 5.91 Å². The van der Waals surface area contributed by atoms with Gasteiger partial charge in [0, 0.05) is 38.6 Å². The maximum absolute atomic E-state index is 11.7. The Kier molecular flexibility index (Phi) is 4.52. The molecule has 0 bridgehead atoms. The quantitative estimate of drug-likeness (QED) is 0.671. The lowest BCUT2D eigenvalue weighted by atomic mass is 10.3. The number of carbonyl (C=O) groups excluding carboxylic acids is 1. The monoisotopic (exact) mass is 238 g/mol. The van der Waals surface area contributed by atoms with Crippen molar-refractivity contribution in [3.05, 3.63) is 18.5 Å². The minimum absolute atomic E-state index is 0.0299. The van der Waals surface area contributed by atoms with Gasteiger partial charge in [0.1, 0.15) is 6.10 Å². The molecule has 1 saturated heterocycles. The number of aryl methyl sites for hydroxylation is 1. The van der Waals surface area contributed by atoms with E-state index in [9.17, 15) is 4.79 Å². The number of aromatic nitrogens is 2. The van der Waals surface area contributed by atoms with Gasteiger partial charge in [0.15, 0.2) is 0 Å². The molecule has 0 radical (unpaired) electrons. The van der Waals surface area contributed by atoms with E-state index in [1.807, 2.05) is 16.9 Å². The molecule has 17 heavy (non-hydrogen) atoms. The molecule has 0 aromatic carbocycles. The highest BCUT2D eigenvalue weighted by molar-refractivity contribution is 5.81. The Morgan fingerprint density at radius 3 is 3.29 bits per heavy atom. The van der Waals surface area contributed by atoms with E-state index in [4.69, 9.17) is 4.74 Å². The molecule has 6 nitrogen and oxygen atoms in total. The molecule has 1 unspecified atom stereocenters. The molecular formula is C11H18N4O2. The zero-order chi connectivity index (χ0) is 11.9. The number of amides is 1. The lowest BCUT2D eigenvalue weighted by molar-refractivity contribution is -0.134. The summed E-state index contributed by atoms with van der Waals surface area (Å²) in [4.78, 5) is 11.7. The molecule has 2 rings (SSSR count). The zero-order valence-electron chi connectivity index (χ0n) is 9.76. The first-order chi connectivity index (χ1) is 8.36. The fraction of sp³-hybridized carbons (Fsp3) is 0.636. The number of hydrogen-bond acceptors (Lipinski definition) is 4. The first kappa shape index (κ1) is 12.1. The van der Waals surface area contributed by atoms with E-state index < -0.39 is 0 Å². The van der Waals surface area contributed by atoms with Gasteiger partial charge < -0.3 is 15.4 Å². The van der Waals surface area contributed by atoms with Crippen molar-refractivity contribution in [3.63, 3.8) is 0 Å². The number of carbonyl (C=O) groups is 1. The van der Waals surface area contributed by atoms with Crippen LogP contribution < -0.4 is 10.6 Å². The maximum atomic E-state index is 11.7. The molecule has 1 aliphatic rings. The fourth-order valence-corrected chi connectivity index (χ4v) is 1.73. The van der Waals surface area contributed by atoms with Crippen molar-refractivity contribution in [3.8, 4) is 0 Å². The molecule has 1 aliphatic heterocycles. The highest BCUT2D eigenvalue weighted by Crippen LogP contribution is 1.96. The number of hydrogen-bond donors (Lipinski definition) is 2. The van der Waals surface area contributed by atoms with E-state index in [0.29, 0.717) is 19.7 Å². The van der Waals surface area contributed by atoms with Crippen molar-refractivity contribution >= 4 is 5.91 Å². The zero-order valence-corrected chi connectivity index (χ0v) is 9.76. The van der Waals surface area contributed by atoms with Gasteiger partial charge in [-0.15, -0.1) is 0 Å². The Balaban J connectivity index is 1.59. The highest BCUT2D eigenvalue weighted by atomic mass is 16.5. The maximum Gasteiger partial charge on any atom is 0.250 e. The second-order valence-corrected chi connectivity index (χ2v) is 3.98. The Labute approximate surface area is 100 Å². The van der Waals surface area contributed by atoms with Crippen LogP contribution in [0.2, 0.25) is 0 Å². The average Bonchev–Trinajstić information content (AvgIpc) is 2.88. The van der Waals surface area contributed by atoms with E-state index in [1.165, 1.54) is 0 Å². The fourth-order valence-electron chi connectivity index (χ4n) is 1.73. The summed E-state index contributed by atoms with van der Waals surface area (Å²) in [5.74, 6) is -0.0299. The molecule has 1 amide bonds. The van der Waals surface area contributed by atoms with Crippen molar-refractivity contribution in [1.29, 1.82) is 0 Å². The average molecular weight is 238 g/mol. The molecule has 0 spiro atoms. The smallest absolute Gasteiger partial charge is 0.250 e. The van der Waals surface area contributed by atoms with Crippen LogP contribution in [-0.4, -0.2) is 48.0 Å². The molecular weight excluding hydrogens is 220 g/mol. The second-order valence-electron chi connectivity index (χ2n) is 3.98. The molecule has 2 heterocycles. The summed E-state index contributed by atoms with van der Waals surface area (Å²) in [6.45, 7) is 3.50. The molecule has 6 heteroatoms. The van der Waals surface area contributed by atoms with Gasteiger partial charge in [0.05, 0.1) is 6.61 Å². The molecule has 2 N–H and O–H groups in total. The number of nitrogens with one attached hydrogen (secondary N) is 2.